The van der Waals surface area contributed by atoms with Crippen molar-refractivity contribution in [2.75, 3.05) is 6.54 Å². The molecule has 31 heavy (non-hydrogen) atoms. The van der Waals surface area contributed by atoms with Gasteiger partial charge in [-0.3, -0.25) is 4.57 Å². The van der Waals surface area contributed by atoms with E-state index in [1.54, 1.807) is 19.2 Å². The summed E-state index contributed by atoms with van der Waals surface area (Å²) in [6.45, 7) is 4.58. The van der Waals surface area contributed by atoms with Gasteiger partial charge in [-0.15, -0.1) is 5.10 Å². The Hall–Kier alpha value is -2.92. The fourth-order valence-corrected chi connectivity index (χ4v) is 5.27. The molecule has 2 fully saturated rings. The number of hydrogen-bond donors (Lipinski definition) is 2. The van der Waals surface area contributed by atoms with Gasteiger partial charge in [0.1, 0.15) is 18.2 Å². The smallest absolute Gasteiger partial charge is 0.350 e. The second-order valence-electron chi connectivity index (χ2n) is 8.72. The van der Waals surface area contributed by atoms with Crippen LogP contribution < -0.4 is 15.7 Å². The summed E-state index contributed by atoms with van der Waals surface area (Å²) in [4.78, 5) is 19.7. The minimum atomic E-state index is -1.15. The number of nitrogens with one attached hydrogen (secondary N) is 1. The molecule has 3 heterocycles. The Kier molecular flexibility index (Phi) is 4.38. The van der Waals surface area contributed by atoms with Crippen molar-refractivity contribution in [2.45, 2.75) is 38.1 Å². The second kappa shape index (κ2) is 6.79. The van der Waals surface area contributed by atoms with Crippen LogP contribution in [0.5, 0.6) is 10.9 Å². The zero-order valence-corrected chi connectivity index (χ0v) is 18.0. The first-order valence-electron chi connectivity index (χ1n) is 9.81. The summed E-state index contributed by atoms with van der Waals surface area (Å²) in [5.41, 5.74) is -0.387. The average Bonchev–Trinajstić information content (AvgIpc) is 3.37. The molecule has 2 bridgehead atoms. The van der Waals surface area contributed by atoms with Crippen molar-refractivity contribution in [2.24, 2.45) is 12.5 Å². The number of aryl methyl sites for hydroxylation is 1. The first-order valence-corrected chi connectivity index (χ1v) is 10.6. The van der Waals surface area contributed by atoms with E-state index in [9.17, 15) is 14.3 Å². The van der Waals surface area contributed by atoms with Crippen LogP contribution in [-0.4, -0.2) is 54.2 Å². The largest absolute Gasteiger partial charge is 0.507 e. The topological polar surface area (TPSA) is 115 Å². The molecule has 0 radical (unpaired) electrons. The Bertz CT molecular complexity index is 1230. The number of phenolic OH excluding ortho intramolecular Hbond substituents is 1. The van der Waals surface area contributed by atoms with E-state index in [2.05, 4.69) is 25.5 Å². The number of rotatable bonds is 4. The van der Waals surface area contributed by atoms with Gasteiger partial charge >= 0.3 is 5.69 Å². The van der Waals surface area contributed by atoms with Gasteiger partial charge in [-0.1, -0.05) is 29.4 Å². The van der Waals surface area contributed by atoms with Gasteiger partial charge in [-0.2, -0.15) is 4.98 Å². The highest BCUT2D eigenvalue weighted by Crippen LogP contribution is 2.52. The number of nitrogens with zero attached hydrogens (tertiary/aromatic N) is 5. The third-order valence-corrected chi connectivity index (χ3v) is 7.05. The molecule has 1 aliphatic carbocycles. The Morgan fingerprint density at radius 2 is 2.16 bits per heavy atom. The molecule has 2 aliphatic rings. The SMILES string of the molecule is Cn1cnc(-c2ccc(-c3nnc(O[C@H]4[C@@H](F)[C@@]5(C)C[C@]4(C)CN5)s3)c(O)c2)nc1=O. The van der Waals surface area contributed by atoms with Crippen molar-refractivity contribution in [1.82, 2.24) is 30.0 Å². The lowest BCUT2D eigenvalue weighted by atomic mass is 9.87. The molecule has 1 saturated heterocycles. The molecule has 2 aromatic heterocycles. The second-order valence-corrected chi connectivity index (χ2v) is 9.66. The maximum atomic E-state index is 14.9. The number of hydrogen-bond acceptors (Lipinski definition) is 9. The van der Waals surface area contributed by atoms with Gasteiger partial charge in [0.05, 0.1) is 11.1 Å². The number of alkyl halides is 1. The third-order valence-electron chi connectivity index (χ3n) is 6.21. The number of benzene rings is 1. The highest BCUT2D eigenvalue weighted by molar-refractivity contribution is 7.16. The molecule has 5 rings (SSSR count). The van der Waals surface area contributed by atoms with Crippen LogP contribution in [0.25, 0.3) is 22.0 Å². The van der Waals surface area contributed by atoms with E-state index in [0.717, 1.165) is 11.3 Å². The Labute approximate surface area is 181 Å². The first kappa shape index (κ1) is 20.0. The summed E-state index contributed by atoms with van der Waals surface area (Å²) in [5.74, 6) is 0.156. The van der Waals surface area contributed by atoms with Crippen LogP contribution in [0.15, 0.2) is 29.3 Å². The summed E-state index contributed by atoms with van der Waals surface area (Å²) >= 11 is 1.14. The number of piperidine rings is 1. The van der Waals surface area contributed by atoms with E-state index in [1.165, 1.54) is 17.0 Å². The van der Waals surface area contributed by atoms with E-state index < -0.39 is 23.5 Å². The molecule has 0 unspecified atom stereocenters. The van der Waals surface area contributed by atoms with Gasteiger partial charge < -0.3 is 15.2 Å². The molecule has 1 aliphatic heterocycles. The molecule has 2 N–H and O–H groups in total. The van der Waals surface area contributed by atoms with Gasteiger partial charge in [-0.05, 0) is 25.5 Å². The summed E-state index contributed by atoms with van der Waals surface area (Å²) in [6, 6.07) is 4.80. The molecule has 1 saturated carbocycles. The predicted octanol–water partition coefficient (Wildman–Crippen LogP) is 1.92. The van der Waals surface area contributed by atoms with Crippen LogP contribution in [0.4, 0.5) is 4.39 Å². The lowest BCUT2D eigenvalue weighted by Gasteiger charge is -2.35. The summed E-state index contributed by atoms with van der Waals surface area (Å²) in [5, 5.41) is 22.6. The Morgan fingerprint density at radius 3 is 2.84 bits per heavy atom. The van der Waals surface area contributed by atoms with Crippen LogP contribution >= 0.6 is 11.3 Å². The van der Waals surface area contributed by atoms with E-state index in [1.807, 2.05) is 13.8 Å². The van der Waals surface area contributed by atoms with Crippen LogP contribution in [0.2, 0.25) is 0 Å². The minimum absolute atomic E-state index is 0.0589. The predicted molar refractivity (Wildman–Crippen MR) is 112 cm³/mol. The monoisotopic (exact) mass is 444 g/mol. The minimum Gasteiger partial charge on any atom is -0.507 e. The van der Waals surface area contributed by atoms with Crippen LogP contribution in [0.1, 0.15) is 20.3 Å². The number of aromatic hydroxyl groups is 1. The fourth-order valence-electron chi connectivity index (χ4n) is 4.51. The van der Waals surface area contributed by atoms with Crippen molar-refractivity contribution in [3.8, 4) is 32.9 Å². The zero-order chi connectivity index (χ0) is 22.0. The quantitative estimate of drug-likeness (QED) is 0.627. The molecule has 3 aromatic rings. The number of halogens is 1. The van der Waals surface area contributed by atoms with Gasteiger partial charge in [0.2, 0.25) is 0 Å². The van der Waals surface area contributed by atoms with Gasteiger partial charge in [0.15, 0.2) is 17.0 Å². The first-order chi connectivity index (χ1) is 14.7. The number of fused-ring (bicyclic) bond motifs is 2. The van der Waals surface area contributed by atoms with Crippen molar-refractivity contribution in [1.29, 1.82) is 0 Å². The van der Waals surface area contributed by atoms with E-state index >= 15 is 0 Å². The Balaban J connectivity index is 1.39. The summed E-state index contributed by atoms with van der Waals surface area (Å²) in [6.07, 6.45) is 0.316. The summed E-state index contributed by atoms with van der Waals surface area (Å²) < 4.78 is 22.1. The van der Waals surface area contributed by atoms with Crippen LogP contribution in [0.3, 0.4) is 0 Å². The van der Waals surface area contributed by atoms with Crippen LogP contribution in [-0.2, 0) is 7.05 Å². The van der Waals surface area contributed by atoms with E-state index in [4.69, 9.17) is 4.74 Å². The maximum absolute atomic E-state index is 14.9. The molecule has 1 aromatic carbocycles. The summed E-state index contributed by atoms with van der Waals surface area (Å²) in [7, 11) is 1.56. The molecule has 11 heteroatoms. The van der Waals surface area contributed by atoms with Gasteiger partial charge in [0.25, 0.3) is 5.19 Å². The number of phenols is 1. The standard InChI is InChI=1S/C20H21FN6O3S/c1-19-7-20(2,23-8-19)13(21)14(19)30-18-26-25-16(31-18)11-5-4-10(6-12(11)28)15-22-9-27(3)17(29)24-15/h4-6,9,13-14,23,28H,7-8H2,1-3H3/t13-,14+,19-,20-/m1/s1. The van der Waals surface area contributed by atoms with Crippen molar-refractivity contribution in [3.63, 3.8) is 0 Å². The fraction of sp³-hybridized carbons (Fsp3) is 0.450. The Morgan fingerprint density at radius 1 is 1.35 bits per heavy atom. The van der Waals surface area contributed by atoms with Crippen LogP contribution in [0, 0.1) is 5.41 Å². The average molecular weight is 444 g/mol. The highest BCUT2D eigenvalue weighted by Gasteiger charge is 2.64. The molecular formula is C20H21FN6O3S. The van der Waals surface area contributed by atoms with Crippen molar-refractivity contribution >= 4 is 11.3 Å². The number of ether oxygens (including phenoxy) is 1. The lowest BCUT2D eigenvalue weighted by molar-refractivity contribution is 0.00955. The molecule has 4 atom stereocenters. The molecular weight excluding hydrogens is 423 g/mol. The van der Waals surface area contributed by atoms with E-state index in [-0.39, 0.29) is 22.2 Å². The van der Waals surface area contributed by atoms with Crippen molar-refractivity contribution in [3.05, 3.63) is 35.0 Å². The zero-order valence-electron chi connectivity index (χ0n) is 17.2. The van der Waals surface area contributed by atoms with Gasteiger partial charge in [-0.25, -0.2) is 14.2 Å². The molecule has 162 valence electrons. The van der Waals surface area contributed by atoms with Gasteiger partial charge in [0, 0.05) is 24.6 Å². The molecule has 0 spiro atoms. The lowest BCUT2D eigenvalue weighted by Crippen LogP contribution is -2.55. The maximum Gasteiger partial charge on any atom is 0.350 e. The van der Waals surface area contributed by atoms with E-state index in [0.29, 0.717) is 29.1 Å². The highest BCUT2D eigenvalue weighted by atomic mass is 32.1. The normalized spacial score (nSPS) is 29.4. The third kappa shape index (κ3) is 3.19. The molecule has 9 nitrogen and oxygen atoms in total. The van der Waals surface area contributed by atoms with Crippen molar-refractivity contribution < 1.29 is 14.2 Å². The number of aromatic nitrogens is 5. The molecule has 0 amide bonds.